The van der Waals surface area contributed by atoms with Crippen molar-refractivity contribution in [1.29, 1.82) is 0 Å². The quantitative estimate of drug-likeness (QED) is 0.427. The molecule has 0 fully saturated rings. The summed E-state index contributed by atoms with van der Waals surface area (Å²) in [5.74, 6) is 0.966. The minimum absolute atomic E-state index is 0.0361. The zero-order valence-corrected chi connectivity index (χ0v) is 14.0. The molecule has 3 rings (SSSR count). The second kappa shape index (κ2) is 6.42. The first kappa shape index (κ1) is 16.2. The number of hydrogen-bond acceptors (Lipinski definition) is 5. The minimum atomic E-state index is -0.463. The molecule has 0 bridgehead atoms. The summed E-state index contributed by atoms with van der Waals surface area (Å²) in [6, 6.07) is 11.2. The number of nitrogens with one attached hydrogen (secondary N) is 1. The lowest BCUT2D eigenvalue weighted by Crippen LogP contribution is -2.01. The number of halogens is 1. The molecule has 0 spiro atoms. The van der Waals surface area contributed by atoms with Crippen molar-refractivity contribution in [2.45, 2.75) is 0 Å². The summed E-state index contributed by atoms with van der Waals surface area (Å²) in [6.45, 7) is 0. The fourth-order valence-corrected chi connectivity index (χ4v) is 2.71. The monoisotopic (exact) mass is 362 g/mol. The fourth-order valence-electron chi connectivity index (χ4n) is 2.31. The first-order valence-electron chi connectivity index (χ1n) is 6.77. The number of aromatic nitrogens is 3. The predicted octanol–water partition coefficient (Wildman–Crippen LogP) is 4.17. The number of ether oxygens (including phenoxy) is 1. The van der Waals surface area contributed by atoms with E-state index in [0.717, 1.165) is 0 Å². The van der Waals surface area contributed by atoms with E-state index in [1.807, 2.05) is 0 Å². The van der Waals surface area contributed by atoms with E-state index in [9.17, 15) is 10.1 Å². The van der Waals surface area contributed by atoms with Crippen LogP contribution in [-0.4, -0.2) is 26.8 Å². The molecular formula is C15H11ClN4O3S. The van der Waals surface area contributed by atoms with Gasteiger partial charge < -0.3 is 4.74 Å². The van der Waals surface area contributed by atoms with E-state index < -0.39 is 4.92 Å². The molecule has 0 saturated heterocycles. The molecule has 0 amide bonds. The lowest BCUT2D eigenvalue weighted by Gasteiger charge is -2.12. The van der Waals surface area contributed by atoms with Crippen LogP contribution in [0.2, 0.25) is 5.02 Å². The molecule has 0 saturated carbocycles. The van der Waals surface area contributed by atoms with Crippen molar-refractivity contribution in [2.24, 2.45) is 0 Å². The Morgan fingerprint density at radius 1 is 1.33 bits per heavy atom. The predicted molar refractivity (Wildman–Crippen MR) is 92.4 cm³/mol. The van der Waals surface area contributed by atoms with Crippen molar-refractivity contribution >= 4 is 29.5 Å². The summed E-state index contributed by atoms with van der Waals surface area (Å²) in [5.41, 5.74) is 1.09. The van der Waals surface area contributed by atoms with Gasteiger partial charge in [0.25, 0.3) is 5.69 Å². The van der Waals surface area contributed by atoms with Crippen LogP contribution in [0, 0.1) is 14.9 Å². The molecular weight excluding hydrogens is 352 g/mol. The van der Waals surface area contributed by atoms with E-state index in [-0.39, 0.29) is 5.69 Å². The number of methoxy groups -OCH3 is 1. The molecule has 1 N–H and O–H groups in total. The largest absolute Gasteiger partial charge is 0.495 e. The number of benzene rings is 2. The van der Waals surface area contributed by atoms with Gasteiger partial charge in [-0.15, -0.1) is 0 Å². The fraction of sp³-hybridized carbons (Fsp3) is 0.0667. The average molecular weight is 363 g/mol. The standard InChI is InChI=1S/C15H11ClN4O3S/c1-23-13-6-5-10(16)8-12(13)19-14(17-18-15(19)24)9-3-2-4-11(7-9)20(21)22/h2-8H,1H3,(H,18,24). The molecule has 1 heterocycles. The molecule has 2 aromatic carbocycles. The molecule has 0 radical (unpaired) electrons. The molecule has 3 aromatic rings. The third-order valence-electron chi connectivity index (χ3n) is 3.37. The van der Waals surface area contributed by atoms with Crippen LogP contribution in [0.1, 0.15) is 0 Å². The average Bonchev–Trinajstić information content (AvgIpc) is 2.96. The smallest absolute Gasteiger partial charge is 0.270 e. The summed E-state index contributed by atoms with van der Waals surface area (Å²) in [5, 5.41) is 18.4. The molecule has 0 unspecified atom stereocenters. The van der Waals surface area contributed by atoms with Crippen LogP contribution < -0.4 is 4.74 Å². The summed E-state index contributed by atoms with van der Waals surface area (Å²) >= 11 is 11.4. The number of aromatic amines is 1. The maximum Gasteiger partial charge on any atom is 0.270 e. The van der Waals surface area contributed by atoms with Crippen LogP contribution in [-0.2, 0) is 0 Å². The highest BCUT2D eigenvalue weighted by Crippen LogP contribution is 2.31. The van der Waals surface area contributed by atoms with Crippen LogP contribution in [0.25, 0.3) is 17.1 Å². The van der Waals surface area contributed by atoms with Crippen LogP contribution >= 0.6 is 23.8 Å². The summed E-state index contributed by atoms with van der Waals surface area (Å²) in [7, 11) is 1.53. The number of non-ortho nitro benzene ring substituents is 1. The summed E-state index contributed by atoms with van der Waals surface area (Å²) in [6.07, 6.45) is 0. The van der Waals surface area contributed by atoms with Crippen molar-refractivity contribution in [3.05, 3.63) is 62.4 Å². The van der Waals surface area contributed by atoms with E-state index in [4.69, 9.17) is 28.6 Å². The van der Waals surface area contributed by atoms with Gasteiger partial charge in [-0.1, -0.05) is 23.7 Å². The van der Waals surface area contributed by atoms with Crippen LogP contribution in [0.3, 0.4) is 0 Å². The van der Waals surface area contributed by atoms with Gasteiger partial charge in [0.1, 0.15) is 5.75 Å². The third kappa shape index (κ3) is 2.89. The minimum Gasteiger partial charge on any atom is -0.495 e. The lowest BCUT2D eigenvalue weighted by molar-refractivity contribution is -0.384. The van der Waals surface area contributed by atoms with Gasteiger partial charge in [-0.3, -0.25) is 19.8 Å². The Labute approximate surface area is 146 Å². The SMILES string of the molecule is COc1ccc(Cl)cc1-n1c(-c2cccc([N+](=O)[O-])c2)n[nH]c1=S. The van der Waals surface area contributed by atoms with E-state index in [1.165, 1.54) is 19.2 Å². The molecule has 0 aliphatic carbocycles. The van der Waals surface area contributed by atoms with Gasteiger partial charge in [-0.25, -0.2) is 0 Å². The Morgan fingerprint density at radius 3 is 2.83 bits per heavy atom. The Bertz CT molecular complexity index is 983. The highest BCUT2D eigenvalue weighted by molar-refractivity contribution is 7.71. The molecule has 1 aromatic heterocycles. The maximum absolute atomic E-state index is 11.0. The van der Waals surface area contributed by atoms with Crippen molar-refractivity contribution < 1.29 is 9.66 Å². The van der Waals surface area contributed by atoms with Crippen LogP contribution in [0.4, 0.5) is 5.69 Å². The van der Waals surface area contributed by atoms with Gasteiger partial charge in [-0.2, -0.15) is 5.10 Å². The lowest BCUT2D eigenvalue weighted by atomic mass is 10.2. The van der Waals surface area contributed by atoms with E-state index in [1.54, 1.807) is 34.9 Å². The topological polar surface area (TPSA) is 86.0 Å². The van der Waals surface area contributed by atoms with E-state index >= 15 is 0 Å². The summed E-state index contributed by atoms with van der Waals surface area (Å²) in [4.78, 5) is 10.5. The first-order valence-corrected chi connectivity index (χ1v) is 7.56. The Hall–Kier alpha value is -2.71. The molecule has 9 heteroatoms. The second-order valence-electron chi connectivity index (χ2n) is 4.81. The molecule has 122 valence electrons. The molecule has 0 aliphatic rings. The van der Waals surface area contributed by atoms with Gasteiger partial charge in [0, 0.05) is 22.7 Å². The number of hydrogen-bond donors (Lipinski definition) is 1. The third-order valence-corrected chi connectivity index (χ3v) is 3.88. The van der Waals surface area contributed by atoms with Gasteiger partial charge >= 0.3 is 0 Å². The van der Waals surface area contributed by atoms with Gasteiger partial charge in [0.2, 0.25) is 0 Å². The highest BCUT2D eigenvalue weighted by atomic mass is 35.5. The van der Waals surface area contributed by atoms with Crippen molar-refractivity contribution in [1.82, 2.24) is 14.8 Å². The Balaban J connectivity index is 2.25. The van der Waals surface area contributed by atoms with E-state index in [0.29, 0.717) is 32.6 Å². The number of rotatable bonds is 4. The highest BCUT2D eigenvalue weighted by Gasteiger charge is 2.17. The molecule has 0 atom stereocenters. The van der Waals surface area contributed by atoms with Gasteiger partial charge in [-0.05, 0) is 30.4 Å². The van der Waals surface area contributed by atoms with Gasteiger partial charge in [0.05, 0.1) is 17.7 Å². The Morgan fingerprint density at radius 2 is 2.12 bits per heavy atom. The van der Waals surface area contributed by atoms with E-state index in [2.05, 4.69) is 10.2 Å². The van der Waals surface area contributed by atoms with Crippen molar-refractivity contribution in [3.8, 4) is 22.8 Å². The number of nitro benzene ring substituents is 1. The maximum atomic E-state index is 11.0. The Kier molecular flexibility index (Phi) is 4.32. The molecule has 0 aliphatic heterocycles. The second-order valence-corrected chi connectivity index (χ2v) is 5.63. The molecule has 24 heavy (non-hydrogen) atoms. The van der Waals surface area contributed by atoms with Crippen molar-refractivity contribution in [3.63, 3.8) is 0 Å². The summed E-state index contributed by atoms with van der Waals surface area (Å²) < 4.78 is 7.30. The number of nitro groups is 1. The van der Waals surface area contributed by atoms with Gasteiger partial charge in [0.15, 0.2) is 10.6 Å². The zero-order valence-electron chi connectivity index (χ0n) is 12.4. The molecule has 7 nitrogen and oxygen atoms in total. The number of nitrogens with zero attached hydrogens (tertiary/aromatic N) is 3. The normalized spacial score (nSPS) is 10.6. The number of H-pyrrole nitrogens is 1. The van der Waals surface area contributed by atoms with Crippen molar-refractivity contribution in [2.75, 3.05) is 7.11 Å². The zero-order chi connectivity index (χ0) is 17.3. The first-order chi connectivity index (χ1) is 11.5. The van der Waals surface area contributed by atoms with Crippen LogP contribution in [0.5, 0.6) is 5.75 Å². The van der Waals surface area contributed by atoms with Crippen LogP contribution in [0.15, 0.2) is 42.5 Å².